The third-order valence-corrected chi connectivity index (χ3v) is 5.04. The van der Waals surface area contributed by atoms with E-state index in [1.54, 1.807) is 21.3 Å². The molecule has 5 nitrogen and oxygen atoms in total. The van der Waals surface area contributed by atoms with Gasteiger partial charge in [0.2, 0.25) is 0 Å². The summed E-state index contributed by atoms with van der Waals surface area (Å²) < 4.78 is 16.4. The van der Waals surface area contributed by atoms with Crippen molar-refractivity contribution in [3.8, 4) is 17.2 Å². The SMILES string of the molecule is COc1cc(OC)c([C@H]2ON=C3c4ccccc4CC[C@@H]32)cc1OC. The van der Waals surface area contributed by atoms with Gasteiger partial charge in [-0.3, -0.25) is 0 Å². The molecule has 0 saturated heterocycles. The third-order valence-electron chi connectivity index (χ3n) is 5.04. The van der Waals surface area contributed by atoms with Gasteiger partial charge in [-0.2, -0.15) is 0 Å². The van der Waals surface area contributed by atoms with Gasteiger partial charge in [0, 0.05) is 23.1 Å². The lowest BCUT2D eigenvalue weighted by molar-refractivity contribution is 0.0573. The molecule has 0 radical (unpaired) electrons. The van der Waals surface area contributed by atoms with Gasteiger partial charge in [0.25, 0.3) is 0 Å². The van der Waals surface area contributed by atoms with Gasteiger partial charge in [0.1, 0.15) is 5.75 Å². The van der Waals surface area contributed by atoms with E-state index in [0.29, 0.717) is 11.5 Å². The number of hydrogen-bond donors (Lipinski definition) is 0. The van der Waals surface area contributed by atoms with Gasteiger partial charge in [-0.15, -0.1) is 0 Å². The first-order valence-electron chi connectivity index (χ1n) is 8.38. The molecule has 25 heavy (non-hydrogen) atoms. The van der Waals surface area contributed by atoms with Gasteiger partial charge in [0.05, 0.1) is 27.0 Å². The van der Waals surface area contributed by atoms with Crippen LogP contribution in [-0.4, -0.2) is 27.0 Å². The Kier molecular flexibility index (Phi) is 3.99. The van der Waals surface area contributed by atoms with E-state index in [1.807, 2.05) is 18.2 Å². The second kappa shape index (κ2) is 6.31. The molecule has 1 heterocycles. The minimum absolute atomic E-state index is 0.182. The Morgan fingerprint density at radius 1 is 0.960 bits per heavy atom. The highest BCUT2D eigenvalue weighted by Crippen LogP contribution is 2.46. The summed E-state index contributed by atoms with van der Waals surface area (Å²) in [5, 5.41) is 4.42. The van der Waals surface area contributed by atoms with Crippen molar-refractivity contribution >= 4 is 5.71 Å². The minimum atomic E-state index is -0.182. The lowest BCUT2D eigenvalue weighted by atomic mass is 9.78. The zero-order valence-electron chi connectivity index (χ0n) is 14.6. The molecule has 0 fully saturated rings. The molecule has 0 saturated carbocycles. The predicted molar refractivity (Wildman–Crippen MR) is 94.7 cm³/mol. The largest absolute Gasteiger partial charge is 0.496 e. The van der Waals surface area contributed by atoms with E-state index in [4.69, 9.17) is 19.0 Å². The molecular formula is C20H21NO4. The van der Waals surface area contributed by atoms with Gasteiger partial charge in [0.15, 0.2) is 17.6 Å². The van der Waals surface area contributed by atoms with Gasteiger partial charge in [-0.25, -0.2) is 0 Å². The summed E-state index contributed by atoms with van der Waals surface area (Å²) in [6.07, 6.45) is 1.84. The summed E-state index contributed by atoms with van der Waals surface area (Å²) in [6.45, 7) is 0. The van der Waals surface area contributed by atoms with E-state index < -0.39 is 0 Å². The molecule has 0 amide bonds. The summed E-state index contributed by atoms with van der Waals surface area (Å²) in [5.74, 6) is 2.22. The van der Waals surface area contributed by atoms with Crippen molar-refractivity contribution < 1.29 is 19.0 Å². The van der Waals surface area contributed by atoms with Crippen LogP contribution < -0.4 is 14.2 Å². The van der Waals surface area contributed by atoms with Crippen LogP contribution in [0.4, 0.5) is 0 Å². The van der Waals surface area contributed by atoms with Crippen LogP contribution in [0.2, 0.25) is 0 Å². The first-order chi connectivity index (χ1) is 12.3. The summed E-state index contributed by atoms with van der Waals surface area (Å²) in [4.78, 5) is 5.87. The molecular weight excluding hydrogens is 318 g/mol. The third kappa shape index (κ3) is 2.51. The number of fused-ring (bicyclic) bond motifs is 3. The number of ether oxygens (including phenoxy) is 3. The van der Waals surface area contributed by atoms with Crippen molar-refractivity contribution in [2.45, 2.75) is 18.9 Å². The van der Waals surface area contributed by atoms with Crippen molar-refractivity contribution in [3.05, 3.63) is 53.1 Å². The quantitative estimate of drug-likeness (QED) is 0.851. The molecule has 2 aliphatic rings. The van der Waals surface area contributed by atoms with E-state index in [1.165, 1.54) is 11.1 Å². The second-order valence-corrected chi connectivity index (χ2v) is 6.25. The monoisotopic (exact) mass is 339 g/mol. The molecule has 1 aliphatic heterocycles. The van der Waals surface area contributed by atoms with Gasteiger partial charge in [-0.05, 0) is 24.5 Å². The molecule has 0 unspecified atom stereocenters. The first-order valence-corrected chi connectivity index (χ1v) is 8.38. The zero-order valence-corrected chi connectivity index (χ0v) is 14.6. The van der Waals surface area contributed by atoms with Gasteiger partial charge < -0.3 is 19.0 Å². The topological polar surface area (TPSA) is 49.3 Å². The molecule has 1 aliphatic carbocycles. The van der Waals surface area contributed by atoms with Crippen LogP contribution in [0.1, 0.15) is 29.2 Å². The minimum Gasteiger partial charge on any atom is -0.496 e. The molecule has 130 valence electrons. The van der Waals surface area contributed by atoms with Crippen LogP contribution in [0.3, 0.4) is 0 Å². The van der Waals surface area contributed by atoms with E-state index in [2.05, 4.69) is 23.4 Å². The number of oxime groups is 1. The van der Waals surface area contributed by atoms with E-state index >= 15 is 0 Å². The van der Waals surface area contributed by atoms with Crippen molar-refractivity contribution in [2.75, 3.05) is 21.3 Å². The van der Waals surface area contributed by atoms with Crippen LogP contribution >= 0.6 is 0 Å². The number of aryl methyl sites for hydroxylation is 1. The summed E-state index contributed by atoms with van der Waals surface area (Å²) >= 11 is 0. The predicted octanol–water partition coefficient (Wildman–Crippen LogP) is 3.75. The average Bonchev–Trinajstić information content (AvgIpc) is 3.11. The Hall–Kier alpha value is -2.69. The standard InChI is InChI=1S/C20H21NO4/c1-22-16-11-18(24-3)17(23-2)10-15(16)20-14-9-8-12-6-4-5-7-13(12)19(14)21-25-20/h4-7,10-11,14,20H,8-9H2,1-3H3/t14-,20-/m0/s1. The highest BCUT2D eigenvalue weighted by atomic mass is 16.6. The Balaban J connectivity index is 1.73. The summed E-state index contributed by atoms with van der Waals surface area (Å²) in [5.41, 5.74) is 4.49. The van der Waals surface area contributed by atoms with Crippen LogP contribution in [0.25, 0.3) is 0 Å². The fraction of sp³-hybridized carbons (Fsp3) is 0.350. The van der Waals surface area contributed by atoms with Crippen molar-refractivity contribution in [1.82, 2.24) is 0 Å². The molecule has 4 rings (SSSR count). The molecule has 2 aromatic rings. The number of rotatable bonds is 4. The fourth-order valence-corrected chi connectivity index (χ4v) is 3.78. The van der Waals surface area contributed by atoms with Crippen molar-refractivity contribution in [2.24, 2.45) is 11.1 Å². The second-order valence-electron chi connectivity index (χ2n) is 6.25. The highest BCUT2D eigenvalue weighted by molar-refractivity contribution is 6.05. The number of methoxy groups -OCH3 is 3. The Labute approximate surface area is 147 Å². The van der Waals surface area contributed by atoms with E-state index in [-0.39, 0.29) is 12.0 Å². The number of hydrogen-bond acceptors (Lipinski definition) is 5. The fourth-order valence-electron chi connectivity index (χ4n) is 3.78. The molecule has 5 heteroatoms. The van der Waals surface area contributed by atoms with Crippen molar-refractivity contribution in [3.63, 3.8) is 0 Å². The highest BCUT2D eigenvalue weighted by Gasteiger charge is 2.40. The molecule has 0 aromatic heterocycles. The normalized spacial score (nSPS) is 20.8. The Bertz CT molecular complexity index is 830. The maximum Gasteiger partial charge on any atom is 0.164 e. The lowest BCUT2D eigenvalue weighted by Gasteiger charge is -2.26. The van der Waals surface area contributed by atoms with Crippen LogP contribution in [-0.2, 0) is 11.3 Å². The molecule has 0 spiro atoms. The smallest absolute Gasteiger partial charge is 0.164 e. The first kappa shape index (κ1) is 15.8. The van der Waals surface area contributed by atoms with E-state index in [9.17, 15) is 0 Å². The number of nitrogens with zero attached hydrogens (tertiary/aromatic N) is 1. The maximum atomic E-state index is 5.87. The molecule has 0 N–H and O–H groups in total. The molecule has 0 bridgehead atoms. The summed E-state index contributed by atoms with van der Waals surface area (Å²) in [6, 6.07) is 12.2. The average molecular weight is 339 g/mol. The number of benzene rings is 2. The van der Waals surface area contributed by atoms with Crippen molar-refractivity contribution in [1.29, 1.82) is 0 Å². The van der Waals surface area contributed by atoms with Gasteiger partial charge >= 0.3 is 0 Å². The maximum absolute atomic E-state index is 5.87. The van der Waals surface area contributed by atoms with Gasteiger partial charge in [-0.1, -0.05) is 29.4 Å². The van der Waals surface area contributed by atoms with Crippen LogP contribution in [0.15, 0.2) is 41.6 Å². The lowest BCUT2D eigenvalue weighted by Crippen LogP contribution is -2.24. The zero-order chi connectivity index (χ0) is 17.4. The molecule has 2 aromatic carbocycles. The summed E-state index contributed by atoms with van der Waals surface area (Å²) in [7, 11) is 4.89. The Morgan fingerprint density at radius 2 is 1.68 bits per heavy atom. The van der Waals surface area contributed by atoms with Crippen LogP contribution in [0.5, 0.6) is 17.2 Å². The molecule has 2 atom stereocenters. The van der Waals surface area contributed by atoms with E-state index in [0.717, 1.165) is 29.9 Å². The Morgan fingerprint density at radius 3 is 2.44 bits per heavy atom. The van der Waals surface area contributed by atoms with Crippen LogP contribution in [0, 0.1) is 5.92 Å².